The summed E-state index contributed by atoms with van der Waals surface area (Å²) in [4.78, 5) is 35.7. The first-order valence-electron chi connectivity index (χ1n) is 12.7. The molecule has 1 unspecified atom stereocenters. The van der Waals surface area contributed by atoms with E-state index in [0.29, 0.717) is 30.9 Å². The average molecular weight is 503 g/mol. The topological polar surface area (TPSA) is 131 Å². The number of benzene rings is 1. The Kier molecular flexibility index (Phi) is 6.96. The van der Waals surface area contributed by atoms with Gasteiger partial charge in [0, 0.05) is 35.4 Å². The van der Waals surface area contributed by atoms with Gasteiger partial charge in [-0.3, -0.25) is 4.79 Å². The number of aromatic nitrogens is 4. The van der Waals surface area contributed by atoms with Gasteiger partial charge in [0.05, 0.1) is 18.8 Å². The standard InChI is InChI=1S/C26H30N8O3/c1-3-37-26(36)33-16-19-13-21(11-12-22(19)30-33)34(20-9-10-20)25(35)24-17(2)32(23(29-24)14-28-31-27)15-18-7-5-4-6-8-18/h4-8,16,20-21H,3,9-15H2,1-2H3. The third-order valence-corrected chi connectivity index (χ3v) is 7.03. The lowest BCUT2D eigenvalue weighted by Crippen LogP contribution is -2.45. The summed E-state index contributed by atoms with van der Waals surface area (Å²) in [7, 11) is 0. The van der Waals surface area contributed by atoms with Crippen LogP contribution in [0.4, 0.5) is 4.79 Å². The van der Waals surface area contributed by atoms with Gasteiger partial charge in [-0.25, -0.2) is 9.78 Å². The summed E-state index contributed by atoms with van der Waals surface area (Å²) in [6, 6.07) is 10.1. The number of amides is 1. The molecule has 3 aromatic rings. The molecular formula is C26H30N8O3. The number of ether oxygens (including phenoxy) is 1. The molecule has 1 aromatic carbocycles. The third-order valence-electron chi connectivity index (χ3n) is 7.03. The van der Waals surface area contributed by atoms with Gasteiger partial charge in [-0.1, -0.05) is 35.4 Å². The zero-order valence-electron chi connectivity index (χ0n) is 21.1. The molecule has 0 bridgehead atoms. The van der Waals surface area contributed by atoms with Crippen LogP contribution in [0.3, 0.4) is 0 Å². The molecule has 2 aliphatic carbocycles. The van der Waals surface area contributed by atoms with Crippen LogP contribution >= 0.6 is 0 Å². The molecule has 0 spiro atoms. The van der Waals surface area contributed by atoms with Gasteiger partial charge >= 0.3 is 6.09 Å². The average Bonchev–Trinajstić information content (AvgIpc) is 3.56. The van der Waals surface area contributed by atoms with Crippen molar-refractivity contribution in [2.24, 2.45) is 5.11 Å². The van der Waals surface area contributed by atoms with E-state index in [1.54, 1.807) is 13.1 Å². The molecule has 1 saturated carbocycles. The number of aryl methyl sites for hydroxylation is 1. The molecule has 192 valence electrons. The molecule has 11 heteroatoms. The molecule has 2 heterocycles. The number of hydrogen-bond donors (Lipinski definition) is 0. The van der Waals surface area contributed by atoms with Gasteiger partial charge in [0.1, 0.15) is 11.5 Å². The fourth-order valence-corrected chi connectivity index (χ4v) is 5.10. The van der Waals surface area contributed by atoms with Crippen molar-refractivity contribution < 1.29 is 14.3 Å². The number of azide groups is 1. The summed E-state index contributed by atoms with van der Waals surface area (Å²) in [6.07, 6.45) is 5.26. The number of imidazole rings is 1. The number of rotatable bonds is 8. The molecule has 11 nitrogen and oxygen atoms in total. The summed E-state index contributed by atoms with van der Waals surface area (Å²) in [5, 5.41) is 8.13. The molecule has 0 radical (unpaired) electrons. The van der Waals surface area contributed by atoms with Crippen molar-refractivity contribution in [1.29, 1.82) is 0 Å². The van der Waals surface area contributed by atoms with Crippen molar-refractivity contribution in [3.63, 3.8) is 0 Å². The molecule has 1 atom stereocenters. The van der Waals surface area contributed by atoms with Gasteiger partial charge in [-0.15, -0.1) is 0 Å². The minimum Gasteiger partial charge on any atom is -0.448 e. The highest BCUT2D eigenvalue weighted by molar-refractivity contribution is 5.94. The van der Waals surface area contributed by atoms with E-state index in [0.717, 1.165) is 41.8 Å². The van der Waals surface area contributed by atoms with Gasteiger partial charge in [0.25, 0.3) is 5.91 Å². The first kappa shape index (κ1) is 24.6. The van der Waals surface area contributed by atoms with Crippen molar-refractivity contribution in [3.05, 3.63) is 81.0 Å². The van der Waals surface area contributed by atoms with Crippen LogP contribution in [-0.2, 0) is 30.7 Å². The third kappa shape index (κ3) is 5.08. The molecule has 2 aromatic heterocycles. The smallest absolute Gasteiger partial charge is 0.434 e. The maximum Gasteiger partial charge on any atom is 0.434 e. The second kappa shape index (κ2) is 10.5. The Bertz CT molecular complexity index is 1350. The summed E-state index contributed by atoms with van der Waals surface area (Å²) < 4.78 is 8.30. The molecule has 5 rings (SSSR count). The molecular weight excluding hydrogens is 472 g/mol. The number of carbonyl (C=O) groups excluding carboxylic acids is 2. The van der Waals surface area contributed by atoms with Crippen molar-refractivity contribution in [3.8, 4) is 0 Å². The summed E-state index contributed by atoms with van der Waals surface area (Å²) in [6.45, 7) is 4.55. The number of carbonyl (C=O) groups is 2. The SMILES string of the molecule is CCOC(=O)n1cc2c(n1)CCC(N(C(=O)c1nc(CN=[N+]=[N-])n(Cc3ccccc3)c1C)C1CC1)C2. The fraction of sp³-hybridized carbons (Fsp3) is 0.462. The normalized spacial score (nSPS) is 16.5. The zero-order chi connectivity index (χ0) is 25.9. The Morgan fingerprint density at radius 3 is 2.70 bits per heavy atom. The Hall–Kier alpha value is -4.11. The first-order valence-corrected chi connectivity index (χ1v) is 12.7. The highest BCUT2D eigenvalue weighted by Crippen LogP contribution is 2.35. The second-order valence-electron chi connectivity index (χ2n) is 9.51. The molecule has 2 aliphatic rings. The lowest BCUT2D eigenvalue weighted by molar-refractivity contribution is 0.0636. The maximum absolute atomic E-state index is 14.0. The van der Waals surface area contributed by atoms with Gasteiger partial charge in [0.2, 0.25) is 0 Å². The molecule has 0 aliphatic heterocycles. The second-order valence-corrected chi connectivity index (χ2v) is 9.51. The summed E-state index contributed by atoms with van der Waals surface area (Å²) in [5.74, 6) is 0.472. The number of nitrogens with zero attached hydrogens (tertiary/aromatic N) is 8. The monoisotopic (exact) mass is 502 g/mol. The van der Waals surface area contributed by atoms with E-state index in [1.165, 1.54) is 4.68 Å². The van der Waals surface area contributed by atoms with E-state index in [1.807, 2.05) is 46.7 Å². The van der Waals surface area contributed by atoms with E-state index < -0.39 is 6.09 Å². The van der Waals surface area contributed by atoms with E-state index in [-0.39, 0.29) is 31.1 Å². The van der Waals surface area contributed by atoms with Gasteiger partial charge in [-0.05, 0) is 62.6 Å². The lowest BCUT2D eigenvalue weighted by Gasteiger charge is -2.34. The Labute approximate surface area is 214 Å². The van der Waals surface area contributed by atoms with Gasteiger partial charge in [-0.2, -0.15) is 9.78 Å². The number of hydrogen-bond acceptors (Lipinski definition) is 6. The van der Waals surface area contributed by atoms with E-state index in [2.05, 4.69) is 15.1 Å². The predicted octanol–water partition coefficient (Wildman–Crippen LogP) is 4.41. The predicted molar refractivity (Wildman–Crippen MR) is 135 cm³/mol. The largest absolute Gasteiger partial charge is 0.448 e. The summed E-state index contributed by atoms with van der Waals surface area (Å²) >= 11 is 0. The minimum absolute atomic E-state index is 0.00778. The Balaban J connectivity index is 1.42. The molecule has 0 N–H and O–H groups in total. The van der Waals surface area contributed by atoms with Crippen LogP contribution in [-0.4, -0.2) is 54.9 Å². The van der Waals surface area contributed by atoms with Crippen molar-refractivity contribution >= 4 is 12.0 Å². The zero-order valence-corrected chi connectivity index (χ0v) is 21.1. The summed E-state index contributed by atoms with van der Waals surface area (Å²) in [5.41, 5.74) is 13.0. The van der Waals surface area contributed by atoms with Gasteiger partial charge < -0.3 is 14.2 Å². The Morgan fingerprint density at radius 2 is 2.00 bits per heavy atom. The molecule has 1 fully saturated rings. The van der Waals surface area contributed by atoms with Crippen LogP contribution in [0.2, 0.25) is 0 Å². The van der Waals surface area contributed by atoms with Crippen LogP contribution in [0, 0.1) is 6.92 Å². The molecule has 37 heavy (non-hydrogen) atoms. The van der Waals surface area contributed by atoms with Crippen LogP contribution in [0.1, 0.15) is 65.0 Å². The van der Waals surface area contributed by atoms with E-state index in [4.69, 9.17) is 15.3 Å². The van der Waals surface area contributed by atoms with E-state index in [9.17, 15) is 9.59 Å². The number of fused-ring (bicyclic) bond motifs is 1. The van der Waals surface area contributed by atoms with Crippen LogP contribution < -0.4 is 0 Å². The van der Waals surface area contributed by atoms with Crippen molar-refractivity contribution in [1.82, 2.24) is 24.2 Å². The molecule has 0 saturated heterocycles. The van der Waals surface area contributed by atoms with E-state index >= 15 is 0 Å². The highest BCUT2D eigenvalue weighted by Gasteiger charge is 2.41. The molecule has 1 amide bonds. The van der Waals surface area contributed by atoms with Crippen LogP contribution in [0.25, 0.3) is 10.4 Å². The minimum atomic E-state index is -0.490. The van der Waals surface area contributed by atoms with Crippen molar-refractivity contribution in [2.45, 2.75) is 71.1 Å². The lowest BCUT2D eigenvalue weighted by atomic mass is 9.92. The quantitative estimate of drug-likeness (QED) is 0.256. The van der Waals surface area contributed by atoms with Gasteiger partial charge in [0.15, 0.2) is 0 Å². The van der Waals surface area contributed by atoms with Crippen LogP contribution in [0.5, 0.6) is 0 Å². The Morgan fingerprint density at radius 1 is 1.22 bits per heavy atom. The van der Waals surface area contributed by atoms with Crippen molar-refractivity contribution in [2.75, 3.05) is 6.61 Å². The first-order chi connectivity index (χ1) is 18.0. The fourth-order valence-electron chi connectivity index (χ4n) is 5.10. The highest BCUT2D eigenvalue weighted by atomic mass is 16.5. The maximum atomic E-state index is 14.0. The van der Waals surface area contributed by atoms with Crippen LogP contribution in [0.15, 0.2) is 41.6 Å².